The smallest absolute Gasteiger partial charge is 0.131 e. The summed E-state index contributed by atoms with van der Waals surface area (Å²) in [6.07, 6.45) is 0. The zero-order chi connectivity index (χ0) is 15.4. The van der Waals surface area contributed by atoms with Crippen molar-refractivity contribution in [3.63, 3.8) is 0 Å². The third-order valence-corrected chi connectivity index (χ3v) is 3.39. The van der Waals surface area contributed by atoms with Gasteiger partial charge in [-0.05, 0) is 25.1 Å². The molecule has 21 heavy (non-hydrogen) atoms. The van der Waals surface area contributed by atoms with Gasteiger partial charge in [0.05, 0.1) is 11.6 Å². The Morgan fingerprint density at radius 1 is 1.33 bits per heavy atom. The maximum atomic E-state index is 13.8. The van der Waals surface area contributed by atoms with Crippen LogP contribution in [-0.4, -0.2) is 0 Å². The molecule has 0 aliphatic heterocycles. The molecule has 0 unspecified atom stereocenters. The Balaban J connectivity index is 2.10. The second-order valence-corrected chi connectivity index (χ2v) is 5.09. The zero-order valence-electron chi connectivity index (χ0n) is 11.4. The number of halogens is 2. The molecule has 0 radical (unpaired) electrons. The summed E-state index contributed by atoms with van der Waals surface area (Å²) in [5, 5.41) is 9.22. The molecule has 2 aromatic carbocycles. The number of benzene rings is 2. The summed E-state index contributed by atoms with van der Waals surface area (Å²) in [5.41, 5.74) is 7.31. The summed E-state index contributed by atoms with van der Waals surface area (Å²) in [5.74, 6) is 0.00533. The van der Waals surface area contributed by atoms with Gasteiger partial charge in [-0.3, -0.25) is 0 Å². The first-order chi connectivity index (χ1) is 10.0. The van der Waals surface area contributed by atoms with Gasteiger partial charge in [-0.25, -0.2) is 4.39 Å². The molecule has 108 valence electrons. The van der Waals surface area contributed by atoms with Crippen LogP contribution in [0.2, 0.25) is 5.02 Å². The summed E-state index contributed by atoms with van der Waals surface area (Å²) in [6.45, 7) is 1.91. The molecule has 0 heterocycles. The third kappa shape index (κ3) is 3.72. The van der Waals surface area contributed by atoms with Crippen LogP contribution in [0.3, 0.4) is 0 Å². The molecule has 2 rings (SSSR count). The molecule has 2 aromatic rings. The van der Waals surface area contributed by atoms with E-state index in [0.717, 1.165) is 5.56 Å². The van der Waals surface area contributed by atoms with Gasteiger partial charge in [0.15, 0.2) is 0 Å². The van der Waals surface area contributed by atoms with Crippen molar-refractivity contribution < 1.29 is 9.13 Å². The Morgan fingerprint density at radius 3 is 2.67 bits per heavy atom. The number of hydrogen-bond acceptors (Lipinski definition) is 3. The second-order valence-electron chi connectivity index (χ2n) is 4.68. The molecular weight excluding hydrogens is 291 g/mol. The van der Waals surface area contributed by atoms with E-state index in [9.17, 15) is 4.39 Å². The zero-order valence-corrected chi connectivity index (χ0v) is 12.2. The average Bonchev–Trinajstić information content (AvgIpc) is 2.45. The molecule has 3 nitrogen and oxygen atoms in total. The van der Waals surface area contributed by atoms with Crippen LogP contribution < -0.4 is 10.5 Å². The first-order valence-electron chi connectivity index (χ1n) is 6.37. The predicted molar refractivity (Wildman–Crippen MR) is 79.5 cm³/mol. The van der Waals surface area contributed by atoms with Crippen LogP contribution in [-0.2, 0) is 6.61 Å². The molecule has 0 spiro atoms. The number of hydrogen-bond donors (Lipinski definition) is 1. The highest BCUT2D eigenvalue weighted by Crippen LogP contribution is 2.23. The number of ether oxygens (including phenoxy) is 1. The molecule has 0 aromatic heterocycles. The van der Waals surface area contributed by atoms with Crippen LogP contribution >= 0.6 is 11.6 Å². The molecule has 2 N–H and O–H groups in total. The predicted octanol–water partition coefficient (Wildman–Crippen LogP) is 3.95. The maximum absolute atomic E-state index is 13.8. The third-order valence-electron chi connectivity index (χ3n) is 3.04. The minimum absolute atomic E-state index is 0.196. The molecular formula is C16H14ClFN2O. The number of nitriles is 1. The highest BCUT2D eigenvalue weighted by atomic mass is 35.5. The van der Waals surface area contributed by atoms with Crippen molar-refractivity contribution in [3.05, 3.63) is 63.9 Å². The summed E-state index contributed by atoms with van der Waals surface area (Å²) >= 11 is 6.05. The lowest BCUT2D eigenvalue weighted by Gasteiger charge is -2.11. The first kappa shape index (κ1) is 15.3. The van der Waals surface area contributed by atoms with E-state index in [2.05, 4.69) is 0 Å². The molecule has 5 heteroatoms. The van der Waals surface area contributed by atoms with Gasteiger partial charge in [-0.1, -0.05) is 23.7 Å². The van der Waals surface area contributed by atoms with Crippen molar-refractivity contribution in [3.8, 4) is 11.8 Å². The van der Waals surface area contributed by atoms with E-state index < -0.39 is 5.82 Å². The van der Waals surface area contributed by atoms with E-state index in [1.807, 2.05) is 6.07 Å². The van der Waals surface area contributed by atoms with Crippen molar-refractivity contribution in [2.75, 3.05) is 0 Å². The van der Waals surface area contributed by atoms with Gasteiger partial charge < -0.3 is 10.5 Å². The number of rotatable bonds is 4. The van der Waals surface area contributed by atoms with Crippen LogP contribution in [0.5, 0.6) is 5.75 Å². The highest BCUT2D eigenvalue weighted by molar-refractivity contribution is 6.31. The van der Waals surface area contributed by atoms with Crippen molar-refractivity contribution in [2.45, 2.75) is 19.6 Å². The Morgan fingerprint density at radius 2 is 2.10 bits per heavy atom. The molecule has 0 aliphatic carbocycles. The average molecular weight is 305 g/mol. The molecule has 1 atom stereocenters. The van der Waals surface area contributed by atoms with Gasteiger partial charge in [0.1, 0.15) is 18.2 Å². The standard InChI is InChI=1S/C16H14ClFN2O/c1-10(20)14-5-4-13(7-16(14)18)21-9-12-3-2-11(8-19)6-15(12)17/h2-7,10H,9,20H2,1H3/t10-/m0/s1. The molecule has 0 saturated carbocycles. The first-order valence-corrected chi connectivity index (χ1v) is 6.75. The molecule has 0 fully saturated rings. The second kappa shape index (κ2) is 6.57. The Labute approximate surface area is 127 Å². The van der Waals surface area contributed by atoms with E-state index in [-0.39, 0.29) is 12.6 Å². The van der Waals surface area contributed by atoms with Crippen molar-refractivity contribution >= 4 is 11.6 Å². The van der Waals surface area contributed by atoms with Gasteiger partial charge in [0.2, 0.25) is 0 Å². The summed E-state index contributed by atoms with van der Waals surface area (Å²) in [7, 11) is 0. The van der Waals surface area contributed by atoms with Crippen LogP contribution in [0.4, 0.5) is 4.39 Å². The monoisotopic (exact) mass is 304 g/mol. The fourth-order valence-electron chi connectivity index (χ4n) is 1.86. The number of nitrogens with zero attached hydrogens (tertiary/aromatic N) is 1. The summed E-state index contributed by atoms with van der Waals surface area (Å²) < 4.78 is 19.3. The largest absolute Gasteiger partial charge is 0.489 e. The topological polar surface area (TPSA) is 59.0 Å². The fourth-order valence-corrected chi connectivity index (χ4v) is 2.10. The van der Waals surface area contributed by atoms with Crippen LogP contribution in [0.25, 0.3) is 0 Å². The van der Waals surface area contributed by atoms with E-state index in [1.165, 1.54) is 6.07 Å². The van der Waals surface area contributed by atoms with E-state index in [4.69, 9.17) is 27.3 Å². The van der Waals surface area contributed by atoms with E-state index in [0.29, 0.717) is 21.9 Å². The van der Waals surface area contributed by atoms with E-state index >= 15 is 0 Å². The summed E-state index contributed by atoms with van der Waals surface area (Å²) in [4.78, 5) is 0. The molecule has 0 bridgehead atoms. The SMILES string of the molecule is C[C@H](N)c1ccc(OCc2ccc(C#N)cc2Cl)cc1F. The molecule has 0 amide bonds. The van der Waals surface area contributed by atoms with Crippen molar-refractivity contribution in [1.82, 2.24) is 0 Å². The van der Waals surface area contributed by atoms with Gasteiger partial charge in [-0.2, -0.15) is 5.26 Å². The Hall–Kier alpha value is -2.09. The Bertz CT molecular complexity index is 695. The van der Waals surface area contributed by atoms with E-state index in [1.54, 1.807) is 37.3 Å². The van der Waals surface area contributed by atoms with Crippen LogP contribution in [0.15, 0.2) is 36.4 Å². The minimum atomic E-state index is -0.395. The maximum Gasteiger partial charge on any atom is 0.131 e. The van der Waals surface area contributed by atoms with Gasteiger partial charge in [-0.15, -0.1) is 0 Å². The normalized spacial score (nSPS) is 11.8. The van der Waals surface area contributed by atoms with Crippen molar-refractivity contribution in [1.29, 1.82) is 5.26 Å². The summed E-state index contributed by atoms with van der Waals surface area (Å²) in [6, 6.07) is 11.2. The number of nitrogens with two attached hydrogens (primary N) is 1. The quantitative estimate of drug-likeness (QED) is 0.930. The lowest BCUT2D eigenvalue weighted by molar-refractivity contribution is 0.304. The Kier molecular flexibility index (Phi) is 4.79. The lowest BCUT2D eigenvalue weighted by atomic mass is 10.1. The lowest BCUT2D eigenvalue weighted by Crippen LogP contribution is -2.07. The van der Waals surface area contributed by atoms with Crippen LogP contribution in [0.1, 0.15) is 29.7 Å². The van der Waals surface area contributed by atoms with Crippen LogP contribution in [0, 0.1) is 17.1 Å². The minimum Gasteiger partial charge on any atom is -0.489 e. The molecule has 0 saturated heterocycles. The van der Waals surface area contributed by atoms with Gasteiger partial charge in [0, 0.05) is 28.3 Å². The molecule has 0 aliphatic rings. The fraction of sp³-hybridized carbons (Fsp3) is 0.188. The van der Waals surface area contributed by atoms with Gasteiger partial charge >= 0.3 is 0 Å². The van der Waals surface area contributed by atoms with Gasteiger partial charge in [0.25, 0.3) is 0 Å². The highest BCUT2D eigenvalue weighted by Gasteiger charge is 2.09. The van der Waals surface area contributed by atoms with Crippen molar-refractivity contribution in [2.24, 2.45) is 5.73 Å².